The molecular formula is C18H30O2S. The topological polar surface area (TPSA) is 18.5 Å². The van der Waals surface area contributed by atoms with Crippen molar-refractivity contribution >= 4 is 12.6 Å². The largest absolute Gasteiger partial charge is 0.492 e. The molecule has 0 saturated heterocycles. The molecule has 21 heavy (non-hydrogen) atoms. The summed E-state index contributed by atoms with van der Waals surface area (Å²) < 4.78 is 11.8. The quantitative estimate of drug-likeness (QED) is 0.429. The van der Waals surface area contributed by atoms with Crippen LogP contribution in [0.2, 0.25) is 0 Å². The van der Waals surface area contributed by atoms with Gasteiger partial charge in [0.15, 0.2) is 0 Å². The van der Waals surface area contributed by atoms with Gasteiger partial charge in [0.2, 0.25) is 0 Å². The third kappa shape index (κ3) is 7.12. The van der Waals surface area contributed by atoms with E-state index in [0.29, 0.717) is 0 Å². The van der Waals surface area contributed by atoms with Crippen molar-refractivity contribution in [3.63, 3.8) is 0 Å². The standard InChI is InChI=1S/C18H30O2S/c1-5-7-9-12-18(3,4)20-15-10-11-16(17(21)14-15)19-13-8-6-2/h10-11,14,21H,5-9,12-13H2,1-4H3. The zero-order chi connectivity index (χ0) is 15.7. The number of thiol groups is 1. The van der Waals surface area contributed by atoms with Crippen LogP contribution in [0, 0.1) is 0 Å². The van der Waals surface area contributed by atoms with Gasteiger partial charge in [-0.2, -0.15) is 0 Å². The first-order chi connectivity index (χ1) is 9.98. The third-order valence-electron chi connectivity index (χ3n) is 3.46. The van der Waals surface area contributed by atoms with Gasteiger partial charge in [0.05, 0.1) is 6.61 Å². The smallest absolute Gasteiger partial charge is 0.132 e. The molecule has 0 aromatic heterocycles. The van der Waals surface area contributed by atoms with Crippen LogP contribution in [0.25, 0.3) is 0 Å². The van der Waals surface area contributed by atoms with Gasteiger partial charge in [0, 0.05) is 4.90 Å². The SMILES string of the molecule is CCCCCC(C)(C)Oc1ccc(OCCCC)c(S)c1. The van der Waals surface area contributed by atoms with E-state index in [1.165, 1.54) is 19.3 Å². The van der Waals surface area contributed by atoms with E-state index in [0.717, 1.165) is 42.3 Å². The van der Waals surface area contributed by atoms with E-state index in [-0.39, 0.29) is 5.60 Å². The molecule has 2 nitrogen and oxygen atoms in total. The molecule has 0 spiro atoms. The molecule has 120 valence electrons. The van der Waals surface area contributed by atoms with Crippen molar-refractivity contribution in [2.45, 2.75) is 76.7 Å². The van der Waals surface area contributed by atoms with E-state index >= 15 is 0 Å². The fourth-order valence-corrected chi connectivity index (χ4v) is 2.45. The van der Waals surface area contributed by atoms with Crippen LogP contribution in [0.15, 0.2) is 23.1 Å². The normalized spacial score (nSPS) is 11.5. The first kappa shape index (κ1) is 18.2. The fraction of sp³-hybridized carbons (Fsp3) is 0.667. The molecule has 0 aliphatic rings. The highest BCUT2D eigenvalue weighted by atomic mass is 32.1. The Hall–Kier alpha value is -0.830. The summed E-state index contributed by atoms with van der Waals surface area (Å²) in [6.45, 7) is 9.41. The molecule has 0 unspecified atom stereocenters. The number of rotatable bonds is 10. The lowest BCUT2D eigenvalue weighted by molar-refractivity contribution is 0.0958. The van der Waals surface area contributed by atoms with Gasteiger partial charge in [-0.25, -0.2) is 0 Å². The van der Waals surface area contributed by atoms with Crippen molar-refractivity contribution in [2.75, 3.05) is 6.61 Å². The third-order valence-corrected chi connectivity index (χ3v) is 3.81. The van der Waals surface area contributed by atoms with Crippen LogP contribution in [-0.2, 0) is 0 Å². The molecule has 0 saturated carbocycles. The molecule has 3 heteroatoms. The Balaban J connectivity index is 2.57. The average Bonchev–Trinajstić information content (AvgIpc) is 2.41. The summed E-state index contributed by atoms with van der Waals surface area (Å²) in [6.07, 6.45) is 6.97. The van der Waals surface area contributed by atoms with Crippen molar-refractivity contribution < 1.29 is 9.47 Å². The van der Waals surface area contributed by atoms with Crippen LogP contribution in [0.5, 0.6) is 11.5 Å². The van der Waals surface area contributed by atoms with Crippen LogP contribution >= 0.6 is 12.6 Å². The van der Waals surface area contributed by atoms with E-state index in [2.05, 4.69) is 40.3 Å². The summed E-state index contributed by atoms with van der Waals surface area (Å²) in [7, 11) is 0. The van der Waals surface area contributed by atoms with E-state index in [4.69, 9.17) is 9.47 Å². The number of ether oxygens (including phenoxy) is 2. The van der Waals surface area contributed by atoms with Gasteiger partial charge in [0.25, 0.3) is 0 Å². The van der Waals surface area contributed by atoms with Crippen molar-refractivity contribution in [2.24, 2.45) is 0 Å². The van der Waals surface area contributed by atoms with E-state index < -0.39 is 0 Å². The molecule has 0 aliphatic carbocycles. The number of hydrogen-bond acceptors (Lipinski definition) is 3. The summed E-state index contributed by atoms with van der Waals surface area (Å²) in [5.74, 6) is 1.70. The second-order valence-electron chi connectivity index (χ2n) is 6.15. The number of hydrogen-bond donors (Lipinski definition) is 1. The molecule has 1 rings (SSSR count). The van der Waals surface area contributed by atoms with Gasteiger partial charge in [-0.05, 0) is 51.3 Å². The molecule has 1 aromatic rings. The second-order valence-corrected chi connectivity index (χ2v) is 6.63. The van der Waals surface area contributed by atoms with E-state index in [1.807, 2.05) is 18.2 Å². The van der Waals surface area contributed by atoms with Crippen LogP contribution in [0.1, 0.15) is 66.2 Å². The van der Waals surface area contributed by atoms with E-state index in [9.17, 15) is 0 Å². The summed E-state index contributed by atoms with van der Waals surface area (Å²) in [4.78, 5) is 0.841. The Bertz CT molecular complexity index is 416. The fourth-order valence-electron chi connectivity index (χ4n) is 2.18. The number of benzene rings is 1. The van der Waals surface area contributed by atoms with Crippen LogP contribution in [0.4, 0.5) is 0 Å². The highest BCUT2D eigenvalue weighted by Crippen LogP contribution is 2.30. The lowest BCUT2D eigenvalue weighted by Gasteiger charge is -2.27. The summed E-state index contributed by atoms with van der Waals surface area (Å²) in [5.41, 5.74) is -0.139. The highest BCUT2D eigenvalue weighted by Gasteiger charge is 2.19. The minimum atomic E-state index is -0.139. The summed E-state index contributed by atoms with van der Waals surface area (Å²) >= 11 is 4.50. The van der Waals surface area contributed by atoms with Crippen molar-refractivity contribution in [1.29, 1.82) is 0 Å². The van der Waals surface area contributed by atoms with Gasteiger partial charge in [-0.15, -0.1) is 12.6 Å². The van der Waals surface area contributed by atoms with Gasteiger partial charge < -0.3 is 9.47 Å². The minimum Gasteiger partial charge on any atom is -0.492 e. The minimum absolute atomic E-state index is 0.139. The lowest BCUT2D eigenvalue weighted by Crippen LogP contribution is -2.28. The first-order valence-electron chi connectivity index (χ1n) is 8.13. The van der Waals surface area contributed by atoms with Crippen molar-refractivity contribution in [1.82, 2.24) is 0 Å². The summed E-state index contributed by atoms with van der Waals surface area (Å²) in [5, 5.41) is 0. The summed E-state index contributed by atoms with van der Waals surface area (Å²) in [6, 6.07) is 5.88. The molecular weight excluding hydrogens is 280 g/mol. The maximum atomic E-state index is 6.11. The lowest BCUT2D eigenvalue weighted by atomic mass is 10.0. The predicted molar refractivity (Wildman–Crippen MR) is 92.9 cm³/mol. The van der Waals surface area contributed by atoms with Gasteiger partial charge >= 0.3 is 0 Å². The van der Waals surface area contributed by atoms with Gasteiger partial charge in [0.1, 0.15) is 17.1 Å². The predicted octanol–water partition coefficient (Wildman–Crippen LogP) is 5.89. The van der Waals surface area contributed by atoms with Crippen LogP contribution in [0.3, 0.4) is 0 Å². The number of unbranched alkanes of at least 4 members (excludes halogenated alkanes) is 3. The Morgan fingerprint density at radius 1 is 1.05 bits per heavy atom. The van der Waals surface area contributed by atoms with Gasteiger partial charge in [-0.3, -0.25) is 0 Å². The monoisotopic (exact) mass is 310 g/mol. The molecule has 0 radical (unpaired) electrons. The molecule has 0 bridgehead atoms. The van der Waals surface area contributed by atoms with Crippen LogP contribution in [-0.4, -0.2) is 12.2 Å². The molecule has 0 aliphatic heterocycles. The molecule has 0 atom stereocenters. The second kappa shape index (κ2) is 9.24. The molecule has 0 heterocycles. The maximum Gasteiger partial charge on any atom is 0.132 e. The maximum absolute atomic E-state index is 6.11. The molecule has 1 aromatic carbocycles. The molecule has 0 amide bonds. The van der Waals surface area contributed by atoms with Crippen LogP contribution < -0.4 is 9.47 Å². The van der Waals surface area contributed by atoms with E-state index in [1.54, 1.807) is 0 Å². The Morgan fingerprint density at radius 2 is 1.76 bits per heavy atom. The molecule has 0 N–H and O–H groups in total. The average molecular weight is 311 g/mol. The zero-order valence-corrected chi connectivity index (χ0v) is 14.8. The Labute approximate surface area is 135 Å². The molecule has 0 fully saturated rings. The Morgan fingerprint density at radius 3 is 2.38 bits per heavy atom. The first-order valence-corrected chi connectivity index (χ1v) is 8.58. The zero-order valence-electron chi connectivity index (χ0n) is 13.9. The van der Waals surface area contributed by atoms with Crippen molar-refractivity contribution in [3.8, 4) is 11.5 Å². The Kier molecular flexibility index (Phi) is 8.02. The van der Waals surface area contributed by atoms with Gasteiger partial charge in [-0.1, -0.05) is 33.1 Å². The highest BCUT2D eigenvalue weighted by molar-refractivity contribution is 7.80. The van der Waals surface area contributed by atoms with Crippen molar-refractivity contribution in [3.05, 3.63) is 18.2 Å².